The van der Waals surface area contributed by atoms with Gasteiger partial charge in [-0.3, -0.25) is 0 Å². The van der Waals surface area contributed by atoms with Crippen molar-refractivity contribution in [3.8, 4) is 0 Å². The summed E-state index contributed by atoms with van der Waals surface area (Å²) in [5.74, 6) is 0.707. The third-order valence-corrected chi connectivity index (χ3v) is 3.90. The molecule has 1 saturated carbocycles. The molecule has 1 aromatic carbocycles. The van der Waals surface area contributed by atoms with E-state index in [1.807, 2.05) is 13.0 Å². The van der Waals surface area contributed by atoms with Gasteiger partial charge in [0.05, 0.1) is 18.8 Å². The first-order valence-electron chi connectivity index (χ1n) is 7.09. The summed E-state index contributed by atoms with van der Waals surface area (Å²) in [4.78, 5) is 6.64. The van der Waals surface area contributed by atoms with Gasteiger partial charge >= 0.3 is 0 Å². The lowest BCUT2D eigenvalue weighted by atomic mass is 10.1. The van der Waals surface area contributed by atoms with Gasteiger partial charge in [0.15, 0.2) is 5.96 Å². The molecule has 0 spiro atoms. The van der Waals surface area contributed by atoms with Gasteiger partial charge in [0.25, 0.3) is 0 Å². The predicted molar refractivity (Wildman–Crippen MR) is 76.2 cm³/mol. The zero-order valence-corrected chi connectivity index (χ0v) is 11.6. The van der Waals surface area contributed by atoms with Crippen LogP contribution in [-0.4, -0.2) is 42.7 Å². The fourth-order valence-corrected chi connectivity index (χ4v) is 2.70. The van der Waals surface area contributed by atoms with Crippen LogP contribution in [0.5, 0.6) is 0 Å². The van der Waals surface area contributed by atoms with Crippen molar-refractivity contribution in [1.82, 2.24) is 4.90 Å². The van der Waals surface area contributed by atoms with Crippen molar-refractivity contribution in [2.75, 3.05) is 19.7 Å². The van der Waals surface area contributed by atoms with Crippen LogP contribution in [0.1, 0.15) is 24.8 Å². The molecule has 1 aliphatic carbocycles. The highest BCUT2D eigenvalue weighted by Crippen LogP contribution is 2.43. The SMILES string of the molecule is CC1CN(C(N)=NC2CC2c2cccc(F)c2)CCO1. The van der Waals surface area contributed by atoms with Gasteiger partial charge in [-0.2, -0.15) is 0 Å². The summed E-state index contributed by atoms with van der Waals surface area (Å²) in [5, 5.41) is 0. The van der Waals surface area contributed by atoms with Gasteiger partial charge in [-0.15, -0.1) is 0 Å². The van der Waals surface area contributed by atoms with Crippen LogP contribution >= 0.6 is 0 Å². The van der Waals surface area contributed by atoms with E-state index in [2.05, 4.69) is 9.89 Å². The van der Waals surface area contributed by atoms with Crippen LogP contribution < -0.4 is 5.73 Å². The average molecular weight is 277 g/mol. The number of rotatable bonds is 2. The van der Waals surface area contributed by atoms with Crippen molar-refractivity contribution in [2.45, 2.75) is 31.4 Å². The van der Waals surface area contributed by atoms with Gasteiger partial charge in [0.2, 0.25) is 0 Å². The standard InChI is InChI=1S/C15H20FN3O/c1-10-9-19(5-6-20-10)15(17)18-14-8-13(14)11-3-2-4-12(16)7-11/h2-4,7,10,13-14H,5-6,8-9H2,1H3,(H2,17,18). The molecule has 3 atom stereocenters. The van der Waals surface area contributed by atoms with Crippen molar-refractivity contribution < 1.29 is 9.13 Å². The summed E-state index contributed by atoms with van der Waals surface area (Å²) in [6.45, 7) is 4.30. The van der Waals surface area contributed by atoms with Crippen molar-refractivity contribution in [2.24, 2.45) is 10.7 Å². The smallest absolute Gasteiger partial charge is 0.191 e. The Hall–Kier alpha value is -1.62. The third kappa shape index (κ3) is 2.93. The Morgan fingerprint density at radius 3 is 3.10 bits per heavy atom. The van der Waals surface area contributed by atoms with Crippen LogP contribution in [0.15, 0.2) is 29.3 Å². The van der Waals surface area contributed by atoms with E-state index >= 15 is 0 Å². The minimum Gasteiger partial charge on any atom is -0.375 e. The zero-order valence-electron chi connectivity index (χ0n) is 11.6. The number of ether oxygens (including phenoxy) is 1. The molecule has 0 aromatic heterocycles. The molecule has 3 unspecified atom stereocenters. The molecule has 4 nitrogen and oxygen atoms in total. The van der Waals surface area contributed by atoms with Crippen molar-refractivity contribution in [3.05, 3.63) is 35.6 Å². The van der Waals surface area contributed by atoms with E-state index in [9.17, 15) is 4.39 Å². The summed E-state index contributed by atoms with van der Waals surface area (Å²) in [6, 6.07) is 6.95. The van der Waals surface area contributed by atoms with E-state index in [0.29, 0.717) is 18.5 Å². The van der Waals surface area contributed by atoms with Gasteiger partial charge in [-0.25, -0.2) is 9.38 Å². The highest BCUT2D eigenvalue weighted by atomic mass is 19.1. The molecule has 2 aliphatic rings. The van der Waals surface area contributed by atoms with E-state index in [1.54, 1.807) is 12.1 Å². The number of halogens is 1. The molecule has 108 valence electrons. The second-order valence-corrected chi connectivity index (χ2v) is 5.58. The van der Waals surface area contributed by atoms with Crippen molar-refractivity contribution in [3.63, 3.8) is 0 Å². The Morgan fingerprint density at radius 1 is 1.50 bits per heavy atom. The third-order valence-electron chi connectivity index (χ3n) is 3.90. The van der Waals surface area contributed by atoms with Gasteiger partial charge in [0, 0.05) is 19.0 Å². The van der Waals surface area contributed by atoms with Gasteiger partial charge in [-0.1, -0.05) is 12.1 Å². The van der Waals surface area contributed by atoms with Crippen LogP contribution in [0.25, 0.3) is 0 Å². The molecule has 20 heavy (non-hydrogen) atoms. The molecule has 0 radical (unpaired) electrons. The first-order chi connectivity index (χ1) is 9.63. The quantitative estimate of drug-likeness (QED) is 0.661. The van der Waals surface area contributed by atoms with Crippen LogP contribution in [0.2, 0.25) is 0 Å². The molecule has 3 rings (SSSR count). The maximum atomic E-state index is 13.2. The maximum absolute atomic E-state index is 13.2. The predicted octanol–water partition coefficient (Wildman–Crippen LogP) is 1.72. The van der Waals surface area contributed by atoms with Crippen molar-refractivity contribution >= 4 is 5.96 Å². The summed E-state index contributed by atoms with van der Waals surface area (Å²) >= 11 is 0. The first kappa shape index (κ1) is 13.4. The van der Waals surface area contributed by atoms with Crippen LogP contribution in [0.4, 0.5) is 4.39 Å². The molecule has 1 aliphatic heterocycles. The number of guanidine groups is 1. The van der Waals surface area contributed by atoms with Crippen molar-refractivity contribution in [1.29, 1.82) is 0 Å². The Bertz CT molecular complexity index is 520. The molecule has 5 heteroatoms. The van der Waals surface area contributed by atoms with Gasteiger partial charge in [0.1, 0.15) is 5.82 Å². The number of nitrogens with two attached hydrogens (primary N) is 1. The number of benzene rings is 1. The summed E-state index contributed by atoms with van der Waals surface area (Å²) in [6.07, 6.45) is 1.14. The molecule has 1 aromatic rings. The second kappa shape index (κ2) is 5.40. The zero-order chi connectivity index (χ0) is 14.1. The van der Waals surface area contributed by atoms with Crippen LogP contribution in [-0.2, 0) is 4.74 Å². The van der Waals surface area contributed by atoms with Gasteiger partial charge < -0.3 is 15.4 Å². The molecule has 1 saturated heterocycles. The lowest BCUT2D eigenvalue weighted by Gasteiger charge is -2.31. The van der Waals surface area contributed by atoms with Crippen LogP contribution in [0.3, 0.4) is 0 Å². The van der Waals surface area contributed by atoms with E-state index < -0.39 is 0 Å². The van der Waals surface area contributed by atoms with Gasteiger partial charge in [-0.05, 0) is 31.0 Å². The van der Waals surface area contributed by atoms with E-state index in [1.165, 1.54) is 6.07 Å². The molecule has 2 N–H and O–H groups in total. The number of nitrogens with zero attached hydrogens (tertiary/aromatic N) is 2. The van der Waals surface area contributed by atoms with E-state index in [-0.39, 0.29) is 18.0 Å². The lowest BCUT2D eigenvalue weighted by Crippen LogP contribution is -2.48. The summed E-state index contributed by atoms with van der Waals surface area (Å²) in [5.41, 5.74) is 7.08. The largest absolute Gasteiger partial charge is 0.375 e. The molecule has 0 bridgehead atoms. The molecule has 2 fully saturated rings. The Kier molecular flexibility index (Phi) is 3.61. The maximum Gasteiger partial charge on any atom is 0.191 e. The topological polar surface area (TPSA) is 50.8 Å². The first-order valence-corrected chi connectivity index (χ1v) is 7.09. The molecular formula is C15H20FN3O. The minimum atomic E-state index is -0.188. The number of hydrogen-bond acceptors (Lipinski definition) is 2. The van der Waals surface area contributed by atoms with E-state index in [0.717, 1.165) is 25.1 Å². The second-order valence-electron chi connectivity index (χ2n) is 5.58. The molecule has 1 heterocycles. The number of morpholine rings is 1. The Morgan fingerprint density at radius 2 is 2.35 bits per heavy atom. The number of aliphatic imine (C=N–C) groups is 1. The summed E-state index contributed by atoms with van der Waals surface area (Å²) in [7, 11) is 0. The normalized spacial score (nSPS) is 30.4. The fraction of sp³-hybridized carbons (Fsp3) is 0.533. The monoisotopic (exact) mass is 277 g/mol. The Labute approximate surface area is 118 Å². The van der Waals surface area contributed by atoms with E-state index in [4.69, 9.17) is 10.5 Å². The number of hydrogen-bond donors (Lipinski definition) is 1. The highest BCUT2D eigenvalue weighted by Gasteiger charge is 2.39. The fourth-order valence-electron chi connectivity index (χ4n) is 2.70. The highest BCUT2D eigenvalue weighted by molar-refractivity contribution is 5.78. The molecule has 0 amide bonds. The lowest BCUT2D eigenvalue weighted by molar-refractivity contribution is 0.00528. The Balaban J connectivity index is 1.63. The van der Waals surface area contributed by atoms with Crippen LogP contribution in [0, 0.1) is 5.82 Å². The average Bonchev–Trinajstić information content (AvgIpc) is 3.18. The molecular weight excluding hydrogens is 257 g/mol. The summed E-state index contributed by atoms with van der Waals surface area (Å²) < 4.78 is 18.7. The minimum absolute atomic E-state index is 0.188.